The van der Waals surface area contributed by atoms with E-state index in [0.29, 0.717) is 5.56 Å². The van der Waals surface area contributed by atoms with Crippen LogP contribution in [-0.4, -0.2) is 45.7 Å². The molecule has 0 aromatic heterocycles. The lowest BCUT2D eigenvalue weighted by Gasteiger charge is -2.35. The van der Waals surface area contributed by atoms with Crippen molar-refractivity contribution in [2.24, 2.45) is 0 Å². The molecule has 1 aliphatic heterocycles. The molecule has 1 saturated heterocycles. The summed E-state index contributed by atoms with van der Waals surface area (Å²) in [4.78, 5) is 24.9. The molecule has 0 radical (unpaired) electrons. The summed E-state index contributed by atoms with van der Waals surface area (Å²) in [6, 6.07) is 5.65. The smallest absolute Gasteiger partial charge is 0.335 e. The van der Waals surface area contributed by atoms with Crippen LogP contribution in [0.25, 0.3) is 0 Å². The van der Waals surface area contributed by atoms with Crippen molar-refractivity contribution in [1.29, 1.82) is 0 Å². The Labute approximate surface area is 117 Å². The number of nitrogens with zero attached hydrogens (tertiary/aromatic N) is 1. The van der Waals surface area contributed by atoms with E-state index in [1.54, 1.807) is 4.90 Å². The second kappa shape index (κ2) is 5.25. The Hall–Kier alpha value is -1.88. The molecule has 2 N–H and O–H groups in total. The van der Waals surface area contributed by atoms with Crippen molar-refractivity contribution in [3.8, 4) is 0 Å². The van der Waals surface area contributed by atoms with Crippen molar-refractivity contribution in [2.75, 3.05) is 13.1 Å². The molecule has 5 nitrogen and oxygen atoms in total. The van der Waals surface area contributed by atoms with Gasteiger partial charge in [0.25, 0.3) is 5.91 Å². The van der Waals surface area contributed by atoms with Gasteiger partial charge in [0.2, 0.25) is 0 Å². The number of benzene rings is 1. The van der Waals surface area contributed by atoms with Crippen molar-refractivity contribution in [2.45, 2.75) is 32.3 Å². The number of carbonyl (C=O) groups is 2. The van der Waals surface area contributed by atoms with E-state index in [4.69, 9.17) is 5.11 Å². The van der Waals surface area contributed by atoms with Crippen molar-refractivity contribution < 1.29 is 19.8 Å². The summed E-state index contributed by atoms with van der Waals surface area (Å²) in [6.07, 6.45) is 0.137. The van der Waals surface area contributed by atoms with Gasteiger partial charge in [-0.05, 0) is 26.0 Å². The molecule has 1 amide bonds. The van der Waals surface area contributed by atoms with Gasteiger partial charge < -0.3 is 15.1 Å². The number of amides is 1. The van der Waals surface area contributed by atoms with Crippen LogP contribution < -0.4 is 0 Å². The molecule has 0 atom stereocenters. The lowest BCUT2D eigenvalue weighted by atomic mass is 9.91. The number of aliphatic carboxylic acids is 1. The van der Waals surface area contributed by atoms with Gasteiger partial charge >= 0.3 is 5.97 Å². The number of hydrogen-bond donors (Lipinski definition) is 2. The lowest BCUT2D eigenvalue weighted by Crippen LogP contribution is -2.50. The van der Waals surface area contributed by atoms with Gasteiger partial charge in [0.15, 0.2) is 5.60 Å². The van der Waals surface area contributed by atoms with Crippen LogP contribution in [-0.2, 0) is 4.79 Å². The van der Waals surface area contributed by atoms with E-state index in [0.717, 1.165) is 11.1 Å². The Morgan fingerprint density at radius 2 is 1.60 bits per heavy atom. The molecule has 0 unspecified atom stereocenters. The first kappa shape index (κ1) is 14.5. The van der Waals surface area contributed by atoms with Crippen LogP contribution >= 0.6 is 0 Å². The third kappa shape index (κ3) is 2.82. The van der Waals surface area contributed by atoms with Crippen molar-refractivity contribution in [3.63, 3.8) is 0 Å². The molecule has 2 rings (SSSR count). The Morgan fingerprint density at radius 1 is 1.10 bits per heavy atom. The lowest BCUT2D eigenvalue weighted by molar-refractivity contribution is -0.162. The second-order valence-corrected chi connectivity index (χ2v) is 5.51. The predicted molar refractivity (Wildman–Crippen MR) is 73.6 cm³/mol. The van der Waals surface area contributed by atoms with Crippen LogP contribution in [0.15, 0.2) is 18.2 Å². The molecule has 1 aromatic rings. The Balaban J connectivity index is 2.10. The van der Waals surface area contributed by atoms with Gasteiger partial charge in [-0.2, -0.15) is 0 Å². The molecule has 0 bridgehead atoms. The molecule has 20 heavy (non-hydrogen) atoms. The SMILES string of the molecule is Cc1cc(C)cc(C(=O)N2CCC(O)(C(=O)O)CC2)c1. The van der Waals surface area contributed by atoms with Gasteiger partial charge in [0.1, 0.15) is 0 Å². The summed E-state index contributed by atoms with van der Waals surface area (Å²) in [6.45, 7) is 4.38. The van der Waals surface area contributed by atoms with E-state index in [1.807, 2.05) is 32.0 Å². The van der Waals surface area contributed by atoms with Gasteiger partial charge in [-0.15, -0.1) is 0 Å². The average Bonchev–Trinajstić information content (AvgIpc) is 2.37. The summed E-state index contributed by atoms with van der Waals surface area (Å²) in [7, 11) is 0. The minimum Gasteiger partial charge on any atom is -0.479 e. The van der Waals surface area contributed by atoms with Crippen LogP contribution in [0.2, 0.25) is 0 Å². The number of likely N-dealkylation sites (tertiary alicyclic amines) is 1. The normalized spacial score (nSPS) is 17.9. The summed E-state index contributed by atoms with van der Waals surface area (Å²) < 4.78 is 0. The van der Waals surface area contributed by atoms with Crippen LogP contribution in [0, 0.1) is 13.8 Å². The highest BCUT2D eigenvalue weighted by Crippen LogP contribution is 2.24. The summed E-state index contributed by atoms with van der Waals surface area (Å²) in [5.74, 6) is -1.32. The summed E-state index contributed by atoms with van der Waals surface area (Å²) in [5, 5.41) is 18.8. The van der Waals surface area contributed by atoms with E-state index in [1.165, 1.54) is 0 Å². The van der Waals surface area contributed by atoms with Gasteiger partial charge in [-0.1, -0.05) is 17.2 Å². The van der Waals surface area contributed by atoms with Crippen molar-refractivity contribution >= 4 is 11.9 Å². The first-order valence-corrected chi connectivity index (χ1v) is 6.65. The molecule has 1 heterocycles. The maximum absolute atomic E-state index is 12.4. The number of aliphatic hydroxyl groups is 1. The fraction of sp³-hybridized carbons (Fsp3) is 0.467. The number of carboxylic acid groups (broad SMARTS) is 1. The van der Waals surface area contributed by atoms with Gasteiger partial charge in [0.05, 0.1) is 0 Å². The fourth-order valence-electron chi connectivity index (χ4n) is 2.57. The number of carboxylic acids is 1. The van der Waals surface area contributed by atoms with Crippen LogP contribution in [0.3, 0.4) is 0 Å². The first-order chi connectivity index (χ1) is 9.32. The fourth-order valence-corrected chi connectivity index (χ4v) is 2.57. The monoisotopic (exact) mass is 277 g/mol. The molecule has 108 valence electrons. The first-order valence-electron chi connectivity index (χ1n) is 6.65. The van der Waals surface area contributed by atoms with E-state index in [-0.39, 0.29) is 31.8 Å². The van der Waals surface area contributed by atoms with E-state index in [2.05, 4.69) is 0 Å². The van der Waals surface area contributed by atoms with Crippen LogP contribution in [0.5, 0.6) is 0 Å². The van der Waals surface area contributed by atoms with E-state index < -0.39 is 11.6 Å². The number of hydrogen-bond acceptors (Lipinski definition) is 3. The Kier molecular flexibility index (Phi) is 3.81. The number of aryl methyl sites for hydroxylation is 2. The highest BCUT2D eigenvalue weighted by atomic mass is 16.4. The predicted octanol–water partition coefficient (Wildman–Crippen LogP) is 1.36. The molecule has 1 aromatic carbocycles. The van der Waals surface area contributed by atoms with E-state index in [9.17, 15) is 14.7 Å². The van der Waals surface area contributed by atoms with Crippen LogP contribution in [0.1, 0.15) is 34.3 Å². The zero-order valence-corrected chi connectivity index (χ0v) is 11.7. The summed E-state index contributed by atoms with van der Waals surface area (Å²) >= 11 is 0. The zero-order valence-electron chi connectivity index (χ0n) is 11.7. The molecule has 0 spiro atoms. The highest BCUT2D eigenvalue weighted by Gasteiger charge is 2.40. The maximum atomic E-state index is 12.4. The van der Waals surface area contributed by atoms with Gasteiger partial charge in [-0.25, -0.2) is 4.79 Å². The minimum absolute atomic E-state index is 0.0683. The molecule has 1 fully saturated rings. The largest absolute Gasteiger partial charge is 0.479 e. The average molecular weight is 277 g/mol. The Bertz CT molecular complexity index is 525. The molecule has 5 heteroatoms. The van der Waals surface area contributed by atoms with Gasteiger partial charge in [0, 0.05) is 31.5 Å². The molecule has 0 saturated carbocycles. The van der Waals surface area contributed by atoms with Gasteiger partial charge in [-0.3, -0.25) is 4.79 Å². The number of rotatable bonds is 2. The topological polar surface area (TPSA) is 77.8 Å². The highest BCUT2D eigenvalue weighted by molar-refractivity contribution is 5.95. The number of carbonyl (C=O) groups excluding carboxylic acids is 1. The zero-order chi connectivity index (χ0) is 14.9. The van der Waals surface area contributed by atoms with Crippen LogP contribution in [0.4, 0.5) is 0 Å². The quantitative estimate of drug-likeness (QED) is 0.855. The molecular formula is C15H19NO4. The standard InChI is InChI=1S/C15H19NO4/c1-10-7-11(2)9-12(8-10)13(17)16-5-3-15(20,4-6-16)14(18)19/h7-9,20H,3-6H2,1-2H3,(H,18,19). The maximum Gasteiger partial charge on any atom is 0.335 e. The second-order valence-electron chi connectivity index (χ2n) is 5.51. The number of piperidine rings is 1. The molecule has 0 aliphatic carbocycles. The molecular weight excluding hydrogens is 258 g/mol. The van der Waals surface area contributed by atoms with Crippen molar-refractivity contribution in [3.05, 3.63) is 34.9 Å². The third-order valence-corrected chi connectivity index (χ3v) is 3.74. The summed E-state index contributed by atoms with van der Waals surface area (Å²) in [5.41, 5.74) is 0.960. The van der Waals surface area contributed by atoms with Crippen molar-refractivity contribution in [1.82, 2.24) is 4.90 Å². The van der Waals surface area contributed by atoms with E-state index >= 15 is 0 Å². The molecule has 1 aliphatic rings. The minimum atomic E-state index is -1.70. The Morgan fingerprint density at radius 3 is 2.05 bits per heavy atom. The third-order valence-electron chi connectivity index (χ3n) is 3.74.